The van der Waals surface area contributed by atoms with Crippen molar-refractivity contribution in [3.63, 3.8) is 0 Å². The van der Waals surface area contributed by atoms with Gasteiger partial charge in [0.1, 0.15) is 5.82 Å². The second-order valence-electron chi connectivity index (χ2n) is 5.04. The van der Waals surface area contributed by atoms with Crippen molar-refractivity contribution in [2.24, 2.45) is 0 Å². The number of likely N-dealkylation sites (N-methyl/N-ethyl adjacent to an activating group) is 1. The van der Waals surface area contributed by atoms with Crippen molar-refractivity contribution >= 4 is 11.0 Å². The van der Waals surface area contributed by atoms with Gasteiger partial charge in [0.15, 0.2) is 0 Å². The molecule has 3 nitrogen and oxygen atoms in total. The van der Waals surface area contributed by atoms with Gasteiger partial charge in [-0.3, -0.25) is 0 Å². The summed E-state index contributed by atoms with van der Waals surface area (Å²) in [6.45, 7) is 9.53. The van der Waals surface area contributed by atoms with E-state index in [-0.39, 0.29) is 0 Å². The monoisotopic (exact) mass is 299 g/mol. The normalized spacial score (nSPS) is 12.5. The molecule has 0 fully saturated rings. The van der Waals surface area contributed by atoms with Crippen LogP contribution < -0.4 is 0 Å². The number of halogens is 3. The van der Waals surface area contributed by atoms with Gasteiger partial charge in [0.2, 0.25) is 0 Å². The summed E-state index contributed by atoms with van der Waals surface area (Å²) in [7, 11) is 0. The Bertz CT molecular complexity index is 612. The Hall–Kier alpha value is -1.56. The van der Waals surface area contributed by atoms with Gasteiger partial charge in [0.05, 0.1) is 16.6 Å². The summed E-state index contributed by atoms with van der Waals surface area (Å²) in [6.07, 6.45) is -4.33. The van der Waals surface area contributed by atoms with E-state index in [4.69, 9.17) is 0 Å². The first-order chi connectivity index (χ1) is 9.86. The van der Waals surface area contributed by atoms with Crippen molar-refractivity contribution in [2.75, 3.05) is 19.6 Å². The van der Waals surface area contributed by atoms with Crippen molar-refractivity contribution < 1.29 is 13.2 Å². The second-order valence-corrected chi connectivity index (χ2v) is 5.04. The van der Waals surface area contributed by atoms with Gasteiger partial charge in [-0.25, -0.2) is 4.98 Å². The maximum atomic E-state index is 12.7. The van der Waals surface area contributed by atoms with E-state index in [1.54, 1.807) is 0 Å². The number of imidazole rings is 1. The smallest absolute Gasteiger partial charge is 0.327 e. The van der Waals surface area contributed by atoms with Crippen LogP contribution in [-0.2, 0) is 12.7 Å². The summed E-state index contributed by atoms with van der Waals surface area (Å²) in [6, 6.07) is 3.76. The van der Waals surface area contributed by atoms with Crippen LogP contribution in [0.3, 0.4) is 0 Å². The molecule has 2 aromatic rings. The molecule has 0 aliphatic carbocycles. The molecule has 0 amide bonds. The SMILES string of the molecule is CCN(CC)CCn1c(C)nc2cc(C(F)(F)F)ccc21. The highest BCUT2D eigenvalue weighted by Gasteiger charge is 2.31. The third-order valence-corrected chi connectivity index (χ3v) is 3.80. The quantitative estimate of drug-likeness (QED) is 0.839. The number of aromatic nitrogens is 2. The molecule has 6 heteroatoms. The van der Waals surface area contributed by atoms with Gasteiger partial charge >= 0.3 is 6.18 Å². The number of benzene rings is 1. The minimum Gasteiger partial charge on any atom is -0.327 e. The van der Waals surface area contributed by atoms with Gasteiger partial charge < -0.3 is 9.47 Å². The Labute approximate surface area is 122 Å². The Morgan fingerprint density at radius 3 is 2.43 bits per heavy atom. The summed E-state index contributed by atoms with van der Waals surface area (Å²) in [5.41, 5.74) is 0.512. The van der Waals surface area contributed by atoms with Crippen LogP contribution in [0.2, 0.25) is 0 Å². The summed E-state index contributed by atoms with van der Waals surface area (Å²) in [4.78, 5) is 6.53. The predicted octanol–water partition coefficient (Wildman–Crippen LogP) is 3.71. The highest BCUT2D eigenvalue weighted by Crippen LogP contribution is 2.31. The number of aryl methyl sites for hydroxylation is 1. The zero-order chi connectivity index (χ0) is 15.6. The average Bonchev–Trinajstić information content (AvgIpc) is 2.74. The summed E-state index contributed by atoms with van der Waals surface area (Å²) >= 11 is 0. The van der Waals surface area contributed by atoms with E-state index >= 15 is 0 Å². The first kappa shape index (κ1) is 15.8. The molecule has 0 unspecified atom stereocenters. The molecule has 1 heterocycles. The third kappa shape index (κ3) is 3.37. The molecule has 0 aliphatic heterocycles. The van der Waals surface area contributed by atoms with Crippen LogP contribution in [-0.4, -0.2) is 34.1 Å². The maximum absolute atomic E-state index is 12.7. The molecule has 0 aliphatic rings. The van der Waals surface area contributed by atoms with Crippen molar-refractivity contribution in [1.82, 2.24) is 14.5 Å². The fourth-order valence-corrected chi connectivity index (χ4v) is 2.49. The zero-order valence-electron chi connectivity index (χ0n) is 12.5. The molecule has 0 bridgehead atoms. The van der Waals surface area contributed by atoms with Gasteiger partial charge in [-0.2, -0.15) is 13.2 Å². The van der Waals surface area contributed by atoms with Crippen LogP contribution in [0.4, 0.5) is 13.2 Å². The highest BCUT2D eigenvalue weighted by atomic mass is 19.4. The van der Waals surface area contributed by atoms with Crippen molar-refractivity contribution in [3.05, 3.63) is 29.6 Å². The maximum Gasteiger partial charge on any atom is 0.416 e. The zero-order valence-corrected chi connectivity index (χ0v) is 12.5. The van der Waals surface area contributed by atoms with Crippen LogP contribution in [0.1, 0.15) is 25.2 Å². The lowest BCUT2D eigenvalue weighted by atomic mass is 10.2. The lowest BCUT2D eigenvalue weighted by molar-refractivity contribution is -0.137. The Balaban J connectivity index is 2.31. The number of alkyl halides is 3. The number of nitrogens with zero attached hydrogens (tertiary/aromatic N) is 3. The topological polar surface area (TPSA) is 21.1 Å². The molecule has 0 N–H and O–H groups in total. The fourth-order valence-electron chi connectivity index (χ4n) is 2.49. The molecule has 1 aromatic carbocycles. The first-order valence-electron chi connectivity index (χ1n) is 7.13. The number of hydrogen-bond donors (Lipinski definition) is 0. The van der Waals surface area contributed by atoms with Crippen LogP contribution in [0.25, 0.3) is 11.0 Å². The van der Waals surface area contributed by atoms with Crippen molar-refractivity contribution in [3.8, 4) is 0 Å². The molecule has 0 atom stereocenters. The molecule has 0 spiro atoms. The Morgan fingerprint density at radius 1 is 1.19 bits per heavy atom. The molecule has 0 saturated carbocycles. The molecule has 0 saturated heterocycles. The Kier molecular flexibility index (Phi) is 4.56. The van der Waals surface area contributed by atoms with Crippen LogP contribution in [0.15, 0.2) is 18.2 Å². The van der Waals surface area contributed by atoms with E-state index in [1.165, 1.54) is 6.07 Å². The highest BCUT2D eigenvalue weighted by molar-refractivity contribution is 5.77. The van der Waals surface area contributed by atoms with Gasteiger partial charge in [-0.15, -0.1) is 0 Å². The van der Waals surface area contributed by atoms with E-state index in [1.807, 2.05) is 11.5 Å². The second kappa shape index (κ2) is 6.05. The van der Waals surface area contributed by atoms with Gasteiger partial charge in [-0.1, -0.05) is 13.8 Å². The molecule has 2 rings (SSSR count). The molecule has 21 heavy (non-hydrogen) atoms. The molecule has 116 valence electrons. The molecule has 1 aromatic heterocycles. The molecular weight excluding hydrogens is 279 g/mol. The lowest BCUT2D eigenvalue weighted by Crippen LogP contribution is -2.27. The van der Waals surface area contributed by atoms with E-state index in [2.05, 4.69) is 23.7 Å². The van der Waals surface area contributed by atoms with E-state index in [0.717, 1.165) is 49.7 Å². The Morgan fingerprint density at radius 2 is 1.86 bits per heavy atom. The van der Waals surface area contributed by atoms with Crippen molar-refractivity contribution in [2.45, 2.75) is 33.5 Å². The van der Waals surface area contributed by atoms with Crippen LogP contribution >= 0.6 is 0 Å². The number of hydrogen-bond acceptors (Lipinski definition) is 2. The average molecular weight is 299 g/mol. The number of fused-ring (bicyclic) bond motifs is 1. The largest absolute Gasteiger partial charge is 0.416 e. The van der Waals surface area contributed by atoms with E-state index in [0.29, 0.717) is 5.52 Å². The van der Waals surface area contributed by atoms with Gasteiger partial charge in [-0.05, 0) is 38.2 Å². The fraction of sp³-hybridized carbons (Fsp3) is 0.533. The minimum absolute atomic E-state index is 0.405. The van der Waals surface area contributed by atoms with Gasteiger partial charge in [0.25, 0.3) is 0 Å². The summed E-state index contributed by atoms with van der Waals surface area (Å²) in [5, 5.41) is 0. The standard InChI is InChI=1S/C15H20F3N3/c1-4-20(5-2)8-9-21-11(3)19-13-10-12(15(16,17)18)6-7-14(13)21/h6-7,10H,4-5,8-9H2,1-3H3. The predicted molar refractivity (Wildman–Crippen MR) is 77.3 cm³/mol. The first-order valence-corrected chi connectivity index (χ1v) is 7.13. The molecular formula is C15H20F3N3. The molecule has 0 radical (unpaired) electrons. The van der Waals surface area contributed by atoms with Crippen molar-refractivity contribution in [1.29, 1.82) is 0 Å². The number of rotatable bonds is 5. The van der Waals surface area contributed by atoms with Gasteiger partial charge in [0, 0.05) is 13.1 Å². The lowest BCUT2D eigenvalue weighted by Gasteiger charge is -2.19. The summed E-state index contributed by atoms with van der Waals surface area (Å²) < 4.78 is 40.2. The van der Waals surface area contributed by atoms with E-state index < -0.39 is 11.7 Å². The van der Waals surface area contributed by atoms with Crippen LogP contribution in [0, 0.1) is 6.92 Å². The van der Waals surface area contributed by atoms with Crippen LogP contribution in [0.5, 0.6) is 0 Å². The van der Waals surface area contributed by atoms with E-state index in [9.17, 15) is 13.2 Å². The third-order valence-electron chi connectivity index (χ3n) is 3.80. The minimum atomic E-state index is -4.33. The summed E-state index contributed by atoms with van der Waals surface area (Å²) in [5.74, 6) is 0.747.